The first-order valence-corrected chi connectivity index (χ1v) is 9.58. The number of allylic oxidation sites excluding steroid dienone is 4. The molecule has 10 heavy (non-hydrogen) atoms. The molecule has 0 aromatic rings. The first-order chi connectivity index (χ1) is 4.79. The summed E-state index contributed by atoms with van der Waals surface area (Å²) in [6, 6.07) is 0. The van der Waals surface area contributed by atoms with Gasteiger partial charge in [-0.2, -0.15) is 0 Å². The van der Waals surface area contributed by atoms with E-state index in [1.54, 1.807) is 5.57 Å². The predicted octanol–water partition coefficient (Wildman–Crippen LogP) is 3.40. The standard InChI is InChI=1S/C7H9.2CH3.Pt/c1-2-7-5-3-4-6-7;;;/h3-5H,1-2,6H2;2*1H3;. The average Bonchev–Trinajstić information content (AvgIpc) is 2.34. The molecule has 0 atom stereocenters. The van der Waals surface area contributed by atoms with Crippen molar-refractivity contribution < 1.29 is 17.3 Å². The van der Waals surface area contributed by atoms with E-state index in [0.29, 0.717) is 0 Å². The molecular weight excluding hydrogens is 303 g/mol. The van der Waals surface area contributed by atoms with Gasteiger partial charge in [0.2, 0.25) is 0 Å². The van der Waals surface area contributed by atoms with Gasteiger partial charge in [-0.3, -0.25) is 0 Å². The van der Waals surface area contributed by atoms with Crippen molar-refractivity contribution in [3.8, 4) is 0 Å². The molecule has 0 unspecified atom stereocenters. The second kappa shape index (κ2) is 4.13. The monoisotopic (exact) mass is 318 g/mol. The molecule has 0 aromatic carbocycles. The quantitative estimate of drug-likeness (QED) is 0.748. The number of hydrogen-bond donors (Lipinski definition) is 0. The van der Waals surface area contributed by atoms with Crippen molar-refractivity contribution in [3.05, 3.63) is 23.8 Å². The van der Waals surface area contributed by atoms with Crippen LogP contribution in [-0.4, -0.2) is 0 Å². The predicted molar refractivity (Wildman–Crippen MR) is 43.0 cm³/mol. The zero-order valence-corrected chi connectivity index (χ0v) is 8.94. The van der Waals surface area contributed by atoms with E-state index in [-0.39, 0.29) is 0 Å². The summed E-state index contributed by atoms with van der Waals surface area (Å²) >= 11 is -0.448. The molecule has 1 rings (SSSR count). The van der Waals surface area contributed by atoms with E-state index in [0.717, 1.165) is 0 Å². The Hall–Kier alpha value is 0.168. The zero-order valence-electron chi connectivity index (χ0n) is 6.67. The van der Waals surface area contributed by atoms with Gasteiger partial charge >= 0.3 is 69.4 Å². The second-order valence-electron chi connectivity index (χ2n) is 2.63. The molecular formula is C9H15Pt. The van der Waals surface area contributed by atoms with Crippen LogP contribution in [0, 0.1) is 0 Å². The third kappa shape index (κ3) is 2.83. The molecule has 0 aliphatic heterocycles. The molecule has 61 valence electrons. The maximum absolute atomic E-state index is 2.44. The van der Waals surface area contributed by atoms with Crippen LogP contribution in [-0.2, 0) is 17.3 Å². The molecule has 1 heteroatoms. The van der Waals surface area contributed by atoms with Gasteiger partial charge < -0.3 is 0 Å². The van der Waals surface area contributed by atoms with Gasteiger partial charge in [0.25, 0.3) is 0 Å². The van der Waals surface area contributed by atoms with Gasteiger partial charge in [0.1, 0.15) is 0 Å². The molecule has 0 bridgehead atoms. The van der Waals surface area contributed by atoms with Gasteiger partial charge in [-0.05, 0) is 0 Å². The normalized spacial score (nSPS) is 17.4. The summed E-state index contributed by atoms with van der Waals surface area (Å²) in [6.07, 6.45) is 9.30. The number of rotatable bonds is 3. The summed E-state index contributed by atoms with van der Waals surface area (Å²) in [4.78, 5) is 1.50. The Morgan fingerprint density at radius 3 is 2.80 bits per heavy atom. The molecule has 0 heterocycles. The molecule has 0 fully saturated rings. The summed E-state index contributed by atoms with van der Waals surface area (Å²) in [5, 5.41) is 4.88. The van der Waals surface area contributed by atoms with E-state index in [1.165, 1.54) is 17.7 Å². The van der Waals surface area contributed by atoms with Crippen molar-refractivity contribution in [1.29, 1.82) is 0 Å². The fourth-order valence-corrected chi connectivity index (χ4v) is 2.80. The molecule has 0 aromatic heterocycles. The SMILES string of the molecule is [CH3][Pt]([CH3])[CH2]CC1=CC=CC1. The van der Waals surface area contributed by atoms with Gasteiger partial charge in [-0.1, -0.05) is 0 Å². The molecule has 0 saturated heterocycles. The third-order valence-electron chi connectivity index (χ3n) is 1.56. The summed E-state index contributed by atoms with van der Waals surface area (Å²) in [6.45, 7) is 0. The Labute approximate surface area is 69.6 Å². The number of hydrogen-bond acceptors (Lipinski definition) is 0. The van der Waals surface area contributed by atoms with Crippen LogP contribution in [0.25, 0.3) is 0 Å². The van der Waals surface area contributed by atoms with Crippen LogP contribution in [0.5, 0.6) is 0 Å². The molecule has 0 nitrogen and oxygen atoms in total. The first kappa shape index (κ1) is 8.27. The van der Waals surface area contributed by atoms with Gasteiger partial charge in [0.05, 0.1) is 0 Å². The van der Waals surface area contributed by atoms with E-state index >= 15 is 0 Å². The maximum atomic E-state index is 2.44. The van der Waals surface area contributed by atoms with Crippen molar-refractivity contribution in [3.63, 3.8) is 0 Å². The van der Waals surface area contributed by atoms with Crippen molar-refractivity contribution in [2.24, 2.45) is 0 Å². The van der Waals surface area contributed by atoms with Crippen LogP contribution in [0.1, 0.15) is 12.8 Å². The van der Waals surface area contributed by atoms with Gasteiger partial charge in [0.15, 0.2) is 0 Å². The Balaban J connectivity index is 2.15. The molecule has 1 aliphatic carbocycles. The first-order valence-electron chi connectivity index (χ1n) is 3.43. The van der Waals surface area contributed by atoms with Crippen LogP contribution in [0.3, 0.4) is 0 Å². The van der Waals surface area contributed by atoms with E-state index in [9.17, 15) is 0 Å². The average molecular weight is 318 g/mol. The van der Waals surface area contributed by atoms with Crippen LogP contribution in [0.15, 0.2) is 23.8 Å². The topological polar surface area (TPSA) is 0 Å². The summed E-state index contributed by atoms with van der Waals surface area (Å²) < 4.78 is 0. The van der Waals surface area contributed by atoms with Crippen molar-refractivity contribution in [1.82, 2.24) is 0 Å². The van der Waals surface area contributed by atoms with E-state index in [2.05, 4.69) is 28.9 Å². The van der Waals surface area contributed by atoms with E-state index < -0.39 is 17.3 Å². The molecule has 0 N–H and O–H groups in total. The van der Waals surface area contributed by atoms with Crippen LogP contribution in [0.2, 0.25) is 15.4 Å². The van der Waals surface area contributed by atoms with Crippen LogP contribution < -0.4 is 0 Å². The minimum absolute atomic E-state index is 0.448. The van der Waals surface area contributed by atoms with Crippen molar-refractivity contribution in [2.45, 2.75) is 28.3 Å². The Bertz CT molecular complexity index is 154. The fourth-order valence-electron chi connectivity index (χ4n) is 0.937. The minimum atomic E-state index is -0.448. The van der Waals surface area contributed by atoms with Gasteiger partial charge in [-0.25, -0.2) is 0 Å². The Morgan fingerprint density at radius 2 is 2.30 bits per heavy atom. The molecule has 0 spiro atoms. The summed E-state index contributed by atoms with van der Waals surface area (Å²) in [5.74, 6) is 0. The van der Waals surface area contributed by atoms with Crippen LogP contribution >= 0.6 is 0 Å². The van der Waals surface area contributed by atoms with Crippen molar-refractivity contribution in [2.75, 3.05) is 0 Å². The summed E-state index contributed by atoms with van der Waals surface area (Å²) in [5.41, 5.74) is 1.64. The Kier molecular flexibility index (Phi) is 3.42. The Morgan fingerprint density at radius 1 is 1.50 bits per heavy atom. The molecule has 0 saturated carbocycles. The van der Waals surface area contributed by atoms with E-state index in [4.69, 9.17) is 0 Å². The van der Waals surface area contributed by atoms with Crippen LogP contribution in [0.4, 0.5) is 0 Å². The molecule has 1 aliphatic rings. The molecule has 0 radical (unpaired) electrons. The fraction of sp³-hybridized carbons (Fsp3) is 0.556. The molecule has 0 amide bonds. The summed E-state index contributed by atoms with van der Waals surface area (Å²) in [7, 11) is 0. The van der Waals surface area contributed by atoms with Gasteiger partial charge in [-0.15, -0.1) is 0 Å². The zero-order chi connectivity index (χ0) is 7.40. The second-order valence-corrected chi connectivity index (χ2v) is 9.25. The third-order valence-corrected chi connectivity index (χ3v) is 4.40. The van der Waals surface area contributed by atoms with Gasteiger partial charge in [0, 0.05) is 0 Å². The van der Waals surface area contributed by atoms with Crippen molar-refractivity contribution >= 4 is 0 Å². The van der Waals surface area contributed by atoms with E-state index in [1.807, 2.05) is 0 Å².